The maximum absolute atomic E-state index is 15.0. The maximum Gasteiger partial charge on any atom is 0.263 e. The highest BCUT2D eigenvalue weighted by molar-refractivity contribution is 5.81. The van der Waals surface area contributed by atoms with Gasteiger partial charge in [-0.2, -0.15) is 0 Å². The first kappa shape index (κ1) is 20.8. The normalized spacial score (nSPS) is 25.5. The molecule has 3 unspecified atom stereocenters. The quantitative estimate of drug-likeness (QED) is 0.826. The number of carbonyl (C=O) groups excluding carboxylic acids is 1. The molecule has 2 heterocycles. The van der Waals surface area contributed by atoms with E-state index < -0.39 is 29.7 Å². The Labute approximate surface area is 174 Å². The number of halogens is 2. The van der Waals surface area contributed by atoms with Gasteiger partial charge in [0.25, 0.3) is 5.91 Å². The van der Waals surface area contributed by atoms with Crippen molar-refractivity contribution in [3.63, 3.8) is 0 Å². The number of hydrogen-bond acceptors (Lipinski definition) is 4. The number of rotatable bonds is 4. The summed E-state index contributed by atoms with van der Waals surface area (Å²) in [5.74, 6) is -1.78. The average Bonchev–Trinajstić information content (AvgIpc) is 2.73. The molecule has 0 radical (unpaired) electrons. The molecule has 0 saturated carbocycles. The van der Waals surface area contributed by atoms with Crippen molar-refractivity contribution >= 4 is 5.91 Å². The summed E-state index contributed by atoms with van der Waals surface area (Å²) in [5, 5.41) is 10.7. The Balaban J connectivity index is 1.41. The van der Waals surface area contributed by atoms with Gasteiger partial charge < -0.3 is 5.11 Å². The summed E-state index contributed by atoms with van der Waals surface area (Å²) in [7, 11) is 0. The summed E-state index contributed by atoms with van der Waals surface area (Å²) in [6, 6.07) is 11.5. The number of carbonyl (C=O) groups is 1. The summed E-state index contributed by atoms with van der Waals surface area (Å²) in [5.41, 5.74) is 2.66. The van der Waals surface area contributed by atoms with Crippen molar-refractivity contribution in [3.8, 4) is 5.75 Å². The lowest BCUT2D eigenvalue weighted by molar-refractivity contribution is -0.212. The Hall–Kier alpha value is -2.51. The fourth-order valence-corrected chi connectivity index (χ4v) is 4.29. The van der Waals surface area contributed by atoms with E-state index in [0.29, 0.717) is 38.1 Å². The van der Waals surface area contributed by atoms with Crippen LogP contribution in [-0.4, -0.2) is 52.9 Å². The molecule has 0 aliphatic carbocycles. The van der Waals surface area contributed by atoms with E-state index in [1.54, 1.807) is 6.07 Å². The fraction of sp³-hybridized carbons (Fsp3) is 0.435. The van der Waals surface area contributed by atoms with Crippen molar-refractivity contribution in [2.45, 2.75) is 44.4 Å². The van der Waals surface area contributed by atoms with Gasteiger partial charge in [0.2, 0.25) is 0 Å². The fourth-order valence-electron chi connectivity index (χ4n) is 4.29. The van der Waals surface area contributed by atoms with E-state index >= 15 is 0 Å². The zero-order chi connectivity index (χ0) is 21.3. The molecule has 0 aromatic heterocycles. The number of likely N-dealkylation sites (tertiary alicyclic amines) is 1. The first-order valence-electron chi connectivity index (χ1n) is 10.3. The van der Waals surface area contributed by atoms with Crippen molar-refractivity contribution in [1.29, 1.82) is 0 Å². The molecule has 4 rings (SSSR count). The predicted molar refractivity (Wildman–Crippen MR) is 108 cm³/mol. The van der Waals surface area contributed by atoms with E-state index in [9.17, 15) is 18.7 Å². The Kier molecular flexibility index (Phi) is 6.01. The molecule has 5 nitrogen and oxygen atoms in total. The molecule has 2 aliphatic heterocycles. The summed E-state index contributed by atoms with van der Waals surface area (Å²) in [6.07, 6.45) is -0.216. The van der Waals surface area contributed by atoms with Crippen LogP contribution in [0.2, 0.25) is 0 Å². The van der Waals surface area contributed by atoms with Crippen LogP contribution in [0.3, 0.4) is 0 Å². The Morgan fingerprint density at radius 2 is 1.93 bits per heavy atom. The minimum Gasteiger partial charge on any atom is -0.505 e. The van der Waals surface area contributed by atoms with Gasteiger partial charge in [-0.3, -0.25) is 14.5 Å². The molecule has 0 spiro atoms. The van der Waals surface area contributed by atoms with Gasteiger partial charge in [-0.25, -0.2) is 13.8 Å². The Morgan fingerprint density at radius 1 is 1.17 bits per heavy atom. The SMILES string of the molecule is Cc1ccc(CN2OCCC(N3CCC(c4ccc(O)c(F)c4)C(F)C3)C2=O)cc1. The number of phenolic OH excluding ortho intramolecular Hbond substituents is 1. The molecule has 7 heteroatoms. The zero-order valence-corrected chi connectivity index (χ0v) is 16.9. The topological polar surface area (TPSA) is 53.0 Å². The maximum atomic E-state index is 15.0. The number of amides is 1. The van der Waals surface area contributed by atoms with E-state index in [1.807, 2.05) is 36.1 Å². The summed E-state index contributed by atoms with van der Waals surface area (Å²) in [4.78, 5) is 20.5. The van der Waals surface area contributed by atoms with Gasteiger partial charge in [-0.05, 0) is 49.6 Å². The molecule has 2 aliphatic rings. The number of phenols is 1. The minimum absolute atomic E-state index is 0.113. The van der Waals surface area contributed by atoms with E-state index in [1.165, 1.54) is 17.2 Å². The molecule has 2 fully saturated rings. The van der Waals surface area contributed by atoms with Gasteiger partial charge in [-0.15, -0.1) is 0 Å². The summed E-state index contributed by atoms with van der Waals surface area (Å²) < 4.78 is 28.7. The molecule has 3 atom stereocenters. The highest BCUT2D eigenvalue weighted by Crippen LogP contribution is 2.34. The number of aryl methyl sites for hydroxylation is 1. The Bertz CT molecular complexity index is 906. The highest BCUT2D eigenvalue weighted by atomic mass is 19.1. The number of alkyl halides is 1. The van der Waals surface area contributed by atoms with Crippen molar-refractivity contribution in [3.05, 3.63) is 65.0 Å². The van der Waals surface area contributed by atoms with Crippen molar-refractivity contribution in [2.75, 3.05) is 19.7 Å². The van der Waals surface area contributed by atoms with Gasteiger partial charge in [0.05, 0.1) is 19.2 Å². The van der Waals surface area contributed by atoms with Crippen molar-refractivity contribution in [2.24, 2.45) is 0 Å². The molecular weight excluding hydrogens is 390 g/mol. The van der Waals surface area contributed by atoms with Gasteiger partial charge in [0, 0.05) is 12.5 Å². The average molecular weight is 416 g/mol. The third kappa shape index (κ3) is 4.32. The first-order chi connectivity index (χ1) is 14.4. The van der Waals surface area contributed by atoms with Gasteiger partial charge in [0.15, 0.2) is 11.6 Å². The van der Waals surface area contributed by atoms with Crippen LogP contribution >= 0.6 is 0 Å². The van der Waals surface area contributed by atoms with Crippen LogP contribution in [0.25, 0.3) is 0 Å². The number of hydroxylamine groups is 2. The molecule has 0 bridgehead atoms. The van der Waals surface area contributed by atoms with E-state index in [0.717, 1.165) is 11.1 Å². The molecule has 1 amide bonds. The molecule has 2 aromatic rings. The number of hydrogen-bond donors (Lipinski definition) is 1. The standard InChI is InChI=1S/C23H26F2N2O3/c1-15-2-4-16(5-3-15)13-27-23(29)21(9-11-30-27)26-10-8-18(20(25)14-26)17-6-7-22(28)19(24)12-17/h2-7,12,18,20-21,28H,8-11,13-14H2,1H3. The summed E-state index contributed by atoms with van der Waals surface area (Å²) in [6.45, 7) is 3.43. The molecule has 2 aromatic carbocycles. The van der Waals surface area contributed by atoms with Crippen LogP contribution in [0, 0.1) is 12.7 Å². The highest BCUT2D eigenvalue weighted by Gasteiger charge is 2.39. The van der Waals surface area contributed by atoms with Crippen LogP contribution in [0.5, 0.6) is 5.75 Å². The lowest BCUT2D eigenvalue weighted by Crippen LogP contribution is -2.56. The van der Waals surface area contributed by atoms with Crippen molar-refractivity contribution in [1.82, 2.24) is 9.96 Å². The second-order valence-corrected chi connectivity index (χ2v) is 8.12. The number of nitrogens with zero attached hydrogens (tertiary/aromatic N) is 2. The van der Waals surface area contributed by atoms with Gasteiger partial charge in [0.1, 0.15) is 6.17 Å². The van der Waals surface area contributed by atoms with Crippen LogP contribution in [0.1, 0.15) is 35.4 Å². The third-order valence-corrected chi connectivity index (χ3v) is 6.03. The molecule has 160 valence electrons. The molecule has 30 heavy (non-hydrogen) atoms. The molecule has 1 N–H and O–H groups in total. The largest absolute Gasteiger partial charge is 0.505 e. The zero-order valence-electron chi connectivity index (χ0n) is 16.9. The number of benzene rings is 2. The van der Waals surface area contributed by atoms with Crippen LogP contribution < -0.4 is 0 Å². The van der Waals surface area contributed by atoms with Gasteiger partial charge in [-0.1, -0.05) is 35.9 Å². The summed E-state index contributed by atoms with van der Waals surface area (Å²) >= 11 is 0. The minimum atomic E-state index is -1.22. The molecule has 2 saturated heterocycles. The van der Waals surface area contributed by atoms with Crippen molar-refractivity contribution < 1.29 is 23.5 Å². The number of piperidine rings is 1. The third-order valence-electron chi connectivity index (χ3n) is 6.03. The van der Waals surface area contributed by atoms with E-state index in [2.05, 4.69) is 0 Å². The second-order valence-electron chi connectivity index (χ2n) is 8.12. The molecular formula is C23H26F2N2O3. The van der Waals surface area contributed by atoms with E-state index in [-0.39, 0.29) is 12.5 Å². The van der Waals surface area contributed by atoms with Gasteiger partial charge >= 0.3 is 0 Å². The first-order valence-corrected chi connectivity index (χ1v) is 10.3. The van der Waals surface area contributed by atoms with Crippen LogP contribution in [0.4, 0.5) is 8.78 Å². The predicted octanol–water partition coefficient (Wildman–Crippen LogP) is 3.70. The lowest BCUT2D eigenvalue weighted by atomic mass is 9.87. The van der Waals surface area contributed by atoms with Crippen LogP contribution in [0.15, 0.2) is 42.5 Å². The van der Waals surface area contributed by atoms with E-state index in [4.69, 9.17) is 4.84 Å². The Morgan fingerprint density at radius 3 is 2.63 bits per heavy atom. The second kappa shape index (κ2) is 8.70. The number of aromatic hydroxyl groups is 1. The lowest BCUT2D eigenvalue weighted by Gasteiger charge is -2.42. The van der Waals surface area contributed by atoms with Crippen LogP contribution in [-0.2, 0) is 16.2 Å². The monoisotopic (exact) mass is 416 g/mol. The smallest absolute Gasteiger partial charge is 0.263 e.